The molecule has 1 heterocycles. The first-order valence-corrected chi connectivity index (χ1v) is 6.16. The van der Waals surface area contributed by atoms with E-state index in [0.717, 1.165) is 0 Å². The fourth-order valence-corrected chi connectivity index (χ4v) is 1.62. The lowest BCUT2D eigenvalue weighted by Gasteiger charge is -2.07. The molecule has 1 aromatic heterocycles. The Hall–Kier alpha value is -1.37. The Kier molecular flexibility index (Phi) is 6.55. The van der Waals surface area contributed by atoms with Crippen LogP contribution in [-0.4, -0.2) is 43.6 Å². The fourth-order valence-electron chi connectivity index (χ4n) is 1.19. The average molecular weight is 306 g/mol. The van der Waals surface area contributed by atoms with E-state index in [9.17, 15) is 9.59 Å². The van der Waals surface area contributed by atoms with Gasteiger partial charge in [-0.05, 0) is 12.1 Å². The van der Waals surface area contributed by atoms with Gasteiger partial charge in [-0.15, -0.1) is 0 Å². The number of halogens is 2. The van der Waals surface area contributed by atoms with Crippen LogP contribution in [0.5, 0.6) is 0 Å². The number of pyridine rings is 1. The van der Waals surface area contributed by atoms with Gasteiger partial charge in [0.25, 0.3) is 5.91 Å². The van der Waals surface area contributed by atoms with E-state index in [1.807, 2.05) is 0 Å². The van der Waals surface area contributed by atoms with Crippen LogP contribution in [0.3, 0.4) is 0 Å². The van der Waals surface area contributed by atoms with Crippen molar-refractivity contribution in [2.45, 2.75) is 0 Å². The van der Waals surface area contributed by atoms with Crippen molar-refractivity contribution in [2.24, 2.45) is 0 Å². The zero-order valence-corrected chi connectivity index (χ0v) is 11.7. The topological polar surface area (TPSA) is 80.3 Å². The Morgan fingerprint density at radius 1 is 1.32 bits per heavy atom. The largest absolute Gasteiger partial charge is 0.383 e. The Balaban J connectivity index is 2.45. The molecule has 2 N–H and O–H groups in total. The van der Waals surface area contributed by atoms with E-state index in [0.29, 0.717) is 13.2 Å². The summed E-state index contributed by atoms with van der Waals surface area (Å²) in [4.78, 5) is 26.8. The zero-order chi connectivity index (χ0) is 14.3. The highest BCUT2D eigenvalue weighted by atomic mass is 35.5. The van der Waals surface area contributed by atoms with E-state index >= 15 is 0 Å². The van der Waals surface area contributed by atoms with Crippen LogP contribution in [0.2, 0.25) is 10.3 Å². The summed E-state index contributed by atoms with van der Waals surface area (Å²) in [7, 11) is 1.53. The normalized spacial score (nSPS) is 10.1. The van der Waals surface area contributed by atoms with Gasteiger partial charge in [0.05, 0.1) is 18.7 Å². The Morgan fingerprint density at radius 3 is 2.68 bits per heavy atom. The molecule has 6 nitrogen and oxygen atoms in total. The summed E-state index contributed by atoms with van der Waals surface area (Å²) in [5.74, 6) is -0.806. The molecule has 0 saturated carbocycles. The Bertz CT molecular complexity index is 468. The molecule has 0 saturated heterocycles. The van der Waals surface area contributed by atoms with Gasteiger partial charge < -0.3 is 15.4 Å². The molecule has 0 bridgehead atoms. The van der Waals surface area contributed by atoms with E-state index < -0.39 is 5.91 Å². The molecule has 8 heteroatoms. The summed E-state index contributed by atoms with van der Waals surface area (Å²) in [6.07, 6.45) is 0. The van der Waals surface area contributed by atoms with Gasteiger partial charge in [0, 0.05) is 13.7 Å². The van der Waals surface area contributed by atoms with Gasteiger partial charge in [-0.2, -0.15) is 0 Å². The summed E-state index contributed by atoms with van der Waals surface area (Å²) in [5.41, 5.74) is 0.163. The van der Waals surface area contributed by atoms with Crippen LogP contribution in [0, 0.1) is 0 Å². The quantitative estimate of drug-likeness (QED) is 0.604. The van der Waals surface area contributed by atoms with E-state index in [-0.39, 0.29) is 28.3 Å². The molecule has 19 heavy (non-hydrogen) atoms. The second-order valence-electron chi connectivity index (χ2n) is 3.50. The standard InChI is InChI=1S/C11H13Cl2N3O3/c1-19-5-4-14-9(17)6-15-11(18)7-2-3-8(12)16-10(7)13/h2-3H,4-6H2,1H3,(H,14,17)(H,15,18). The predicted octanol–water partition coefficient (Wildman–Crippen LogP) is 0.881. The molecule has 0 aliphatic carbocycles. The SMILES string of the molecule is COCCNC(=O)CNC(=O)c1ccc(Cl)nc1Cl. The van der Waals surface area contributed by atoms with E-state index in [4.69, 9.17) is 27.9 Å². The number of carbonyl (C=O) groups is 2. The third-order valence-electron chi connectivity index (χ3n) is 2.10. The number of rotatable bonds is 6. The Labute approximate surface area is 120 Å². The first-order valence-electron chi connectivity index (χ1n) is 5.40. The third kappa shape index (κ3) is 5.42. The lowest BCUT2D eigenvalue weighted by atomic mass is 10.2. The van der Waals surface area contributed by atoms with Crippen LogP contribution in [0.15, 0.2) is 12.1 Å². The van der Waals surface area contributed by atoms with Gasteiger partial charge in [-0.1, -0.05) is 23.2 Å². The number of hydrogen-bond acceptors (Lipinski definition) is 4. The van der Waals surface area contributed by atoms with Crippen molar-refractivity contribution in [2.75, 3.05) is 26.8 Å². The number of hydrogen-bond donors (Lipinski definition) is 2. The molecule has 2 amide bonds. The summed E-state index contributed by atoms with van der Waals surface area (Å²) < 4.78 is 4.77. The molecule has 0 unspecified atom stereocenters. The van der Waals surface area contributed by atoms with Crippen LogP contribution in [0.4, 0.5) is 0 Å². The van der Waals surface area contributed by atoms with Crippen LogP contribution >= 0.6 is 23.2 Å². The van der Waals surface area contributed by atoms with Crippen LogP contribution < -0.4 is 10.6 Å². The average Bonchev–Trinajstić information content (AvgIpc) is 2.36. The highest BCUT2D eigenvalue weighted by molar-refractivity contribution is 6.34. The van der Waals surface area contributed by atoms with Crippen LogP contribution in [0.25, 0.3) is 0 Å². The highest BCUT2D eigenvalue weighted by Crippen LogP contribution is 2.16. The number of aromatic nitrogens is 1. The summed E-state index contributed by atoms with van der Waals surface area (Å²) in [6, 6.07) is 2.89. The van der Waals surface area contributed by atoms with E-state index in [1.54, 1.807) is 0 Å². The molecule has 0 aliphatic heterocycles. The molecule has 0 spiro atoms. The maximum atomic E-state index is 11.7. The van der Waals surface area contributed by atoms with Crippen molar-refractivity contribution in [3.8, 4) is 0 Å². The van der Waals surface area contributed by atoms with Gasteiger partial charge in [-0.3, -0.25) is 9.59 Å². The van der Waals surface area contributed by atoms with E-state index in [2.05, 4.69) is 15.6 Å². The minimum absolute atomic E-state index is 0.00945. The van der Waals surface area contributed by atoms with Gasteiger partial charge >= 0.3 is 0 Å². The van der Waals surface area contributed by atoms with Crippen LogP contribution in [-0.2, 0) is 9.53 Å². The third-order valence-corrected chi connectivity index (χ3v) is 2.60. The van der Waals surface area contributed by atoms with Crippen molar-refractivity contribution in [3.05, 3.63) is 28.0 Å². The molecule has 0 atom stereocenters. The minimum Gasteiger partial charge on any atom is -0.383 e. The van der Waals surface area contributed by atoms with Crippen molar-refractivity contribution < 1.29 is 14.3 Å². The second-order valence-corrected chi connectivity index (χ2v) is 4.24. The maximum absolute atomic E-state index is 11.7. The molecule has 0 aromatic carbocycles. The predicted molar refractivity (Wildman–Crippen MR) is 71.5 cm³/mol. The monoisotopic (exact) mass is 305 g/mol. The van der Waals surface area contributed by atoms with Crippen molar-refractivity contribution in [1.29, 1.82) is 0 Å². The number of nitrogens with one attached hydrogen (secondary N) is 2. The van der Waals surface area contributed by atoms with E-state index in [1.165, 1.54) is 19.2 Å². The fraction of sp³-hybridized carbons (Fsp3) is 0.364. The smallest absolute Gasteiger partial charge is 0.254 e. The van der Waals surface area contributed by atoms with Crippen molar-refractivity contribution in [1.82, 2.24) is 15.6 Å². The molecule has 1 aromatic rings. The molecule has 1 rings (SSSR count). The van der Waals surface area contributed by atoms with Gasteiger partial charge in [0.15, 0.2) is 0 Å². The molecular formula is C11H13Cl2N3O3. The van der Waals surface area contributed by atoms with Gasteiger partial charge in [-0.25, -0.2) is 4.98 Å². The molecule has 0 aliphatic rings. The molecule has 0 fully saturated rings. The molecular weight excluding hydrogens is 293 g/mol. The van der Waals surface area contributed by atoms with Crippen LogP contribution in [0.1, 0.15) is 10.4 Å². The number of ether oxygens (including phenoxy) is 1. The van der Waals surface area contributed by atoms with Gasteiger partial charge in [0.2, 0.25) is 5.91 Å². The second kappa shape index (κ2) is 7.93. The van der Waals surface area contributed by atoms with Gasteiger partial charge in [0.1, 0.15) is 10.3 Å². The zero-order valence-electron chi connectivity index (χ0n) is 10.2. The minimum atomic E-state index is -0.490. The lowest BCUT2D eigenvalue weighted by Crippen LogP contribution is -2.38. The Morgan fingerprint density at radius 2 is 2.05 bits per heavy atom. The molecule has 0 radical (unpaired) electrons. The van der Waals surface area contributed by atoms with Crippen molar-refractivity contribution in [3.63, 3.8) is 0 Å². The number of nitrogens with zero attached hydrogens (tertiary/aromatic N) is 1. The number of carbonyl (C=O) groups excluding carboxylic acids is 2. The summed E-state index contributed by atoms with van der Waals surface area (Å²) in [6.45, 7) is 0.641. The maximum Gasteiger partial charge on any atom is 0.254 e. The number of methoxy groups -OCH3 is 1. The molecule has 104 valence electrons. The van der Waals surface area contributed by atoms with Crippen molar-refractivity contribution >= 4 is 35.0 Å². The number of amides is 2. The first kappa shape index (κ1) is 15.7. The first-order chi connectivity index (χ1) is 9.04. The lowest BCUT2D eigenvalue weighted by molar-refractivity contribution is -0.120. The summed E-state index contributed by atoms with van der Waals surface area (Å²) >= 11 is 11.4. The highest BCUT2D eigenvalue weighted by Gasteiger charge is 2.12. The summed E-state index contributed by atoms with van der Waals surface area (Å²) in [5, 5.41) is 5.18.